The number of aromatic nitrogens is 3. The summed E-state index contributed by atoms with van der Waals surface area (Å²) >= 11 is 2.39. The summed E-state index contributed by atoms with van der Waals surface area (Å²) < 4.78 is 42.5. The van der Waals surface area contributed by atoms with Gasteiger partial charge in [0.05, 0.1) is 0 Å². The van der Waals surface area contributed by atoms with Crippen LogP contribution in [0.3, 0.4) is 0 Å². The average molecular weight is 343 g/mol. The number of rotatable bonds is 3. The number of hydrogen-bond donors (Lipinski definition) is 1. The van der Waals surface area contributed by atoms with Gasteiger partial charge in [-0.3, -0.25) is 4.79 Å². The Labute approximate surface area is 130 Å². The van der Waals surface area contributed by atoms with Gasteiger partial charge in [0.15, 0.2) is 15.8 Å². The third-order valence-electron chi connectivity index (χ3n) is 2.92. The minimum Gasteiger partial charge on any atom is -0.304 e. The number of fused-ring (bicyclic) bond motifs is 1. The molecule has 3 rings (SSSR count). The van der Waals surface area contributed by atoms with Crippen LogP contribution in [0.5, 0.6) is 0 Å². The topological polar surface area (TPSA) is 58.6 Å². The van der Waals surface area contributed by atoms with Gasteiger partial charge in [-0.2, -0.15) is 8.78 Å². The molecule has 4 nitrogen and oxygen atoms in total. The lowest BCUT2D eigenvalue weighted by Gasteiger charge is -2.15. The van der Waals surface area contributed by atoms with Gasteiger partial charge >= 0.3 is 5.92 Å². The molecule has 0 unspecified atom stereocenters. The molecule has 0 radical (unpaired) electrons. The van der Waals surface area contributed by atoms with E-state index in [1.54, 1.807) is 6.26 Å². The third-order valence-corrected chi connectivity index (χ3v) is 4.95. The Morgan fingerprint density at radius 3 is 2.55 bits per heavy atom. The molecule has 2 heterocycles. The highest BCUT2D eigenvalue weighted by atomic mass is 32.2. The molecule has 0 bridgehead atoms. The quantitative estimate of drug-likeness (QED) is 0.741. The number of alkyl halides is 2. The first-order valence-corrected chi connectivity index (χ1v) is 8.05. The fourth-order valence-electron chi connectivity index (χ4n) is 1.85. The molecule has 0 spiro atoms. The molecule has 0 saturated carbocycles. The summed E-state index contributed by atoms with van der Waals surface area (Å²) in [7, 11) is 0. The van der Waals surface area contributed by atoms with Crippen LogP contribution in [0.25, 0.3) is 10.3 Å². The Morgan fingerprint density at radius 1 is 1.23 bits per heavy atom. The Hall–Kier alpha value is -1.87. The van der Waals surface area contributed by atoms with E-state index in [4.69, 9.17) is 0 Å². The van der Waals surface area contributed by atoms with Crippen LogP contribution in [-0.2, 0) is 5.92 Å². The molecule has 0 aliphatic rings. The van der Waals surface area contributed by atoms with Crippen LogP contribution >= 0.6 is 23.1 Å². The van der Waals surface area contributed by atoms with Crippen LogP contribution in [0.2, 0.25) is 0 Å². The van der Waals surface area contributed by atoms with Crippen LogP contribution in [0.15, 0.2) is 33.4 Å². The minimum atomic E-state index is -3.55. The van der Waals surface area contributed by atoms with Gasteiger partial charge in [-0.05, 0) is 30.5 Å². The molecule has 2 aromatic heterocycles. The number of nitrogens with one attached hydrogen (secondary N) is 1. The zero-order chi connectivity index (χ0) is 15.9. The minimum absolute atomic E-state index is 0.0186. The van der Waals surface area contributed by atoms with Crippen LogP contribution in [0.4, 0.5) is 13.2 Å². The Balaban J connectivity index is 2.16. The van der Waals surface area contributed by atoms with Gasteiger partial charge in [0.1, 0.15) is 10.5 Å². The maximum absolute atomic E-state index is 14.4. The Kier molecular flexibility index (Phi) is 3.69. The number of H-pyrrole nitrogens is 1. The van der Waals surface area contributed by atoms with Crippen molar-refractivity contribution in [3.05, 3.63) is 51.8 Å². The summed E-state index contributed by atoms with van der Waals surface area (Å²) in [6.45, 7) is 0. The molecule has 0 saturated heterocycles. The van der Waals surface area contributed by atoms with Crippen molar-refractivity contribution in [3.63, 3.8) is 0 Å². The van der Waals surface area contributed by atoms with Gasteiger partial charge in [-0.1, -0.05) is 11.8 Å². The van der Waals surface area contributed by atoms with Crippen LogP contribution in [0.1, 0.15) is 11.4 Å². The first-order valence-electron chi connectivity index (χ1n) is 6.01. The summed E-state index contributed by atoms with van der Waals surface area (Å²) in [6.07, 6.45) is 1.76. The average Bonchev–Trinajstić information content (AvgIpc) is 2.91. The van der Waals surface area contributed by atoms with Crippen molar-refractivity contribution in [2.75, 3.05) is 6.26 Å². The number of thiazole rings is 1. The molecule has 0 atom stereocenters. The van der Waals surface area contributed by atoms with E-state index in [2.05, 4.69) is 15.0 Å². The van der Waals surface area contributed by atoms with Crippen molar-refractivity contribution in [2.45, 2.75) is 10.3 Å². The van der Waals surface area contributed by atoms with Crippen molar-refractivity contribution in [3.8, 4) is 0 Å². The molecular formula is C13H8F3N3OS2. The molecule has 0 aliphatic heterocycles. The number of benzene rings is 1. The van der Waals surface area contributed by atoms with Gasteiger partial charge in [-0.15, -0.1) is 11.3 Å². The lowest BCUT2D eigenvalue weighted by Crippen LogP contribution is -2.23. The summed E-state index contributed by atoms with van der Waals surface area (Å²) in [6, 6.07) is 3.75. The highest BCUT2D eigenvalue weighted by molar-refractivity contribution is 8.00. The fourth-order valence-corrected chi connectivity index (χ4v) is 3.24. The van der Waals surface area contributed by atoms with Crippen LogP contribution < -0.4 is 5.56 Å². The van der Waals surface area contributed by atoms with E-state index in [-0.39, 0.29) is 10.3 Å². The molecule has 0 amide bonds. The van der Waals surface area contributed by atoms with Crippen molar-refractivity contribution in [1.29, 1.82) is 0 Å². The number of aromatic amines is 1. The molecule has 114 valence electrons. The van der Waals surface area contributed by atoms with E-state index in [0.29, 0.717) is 4.34 Å². The second-order valence-electron chi connectivity index (χ2n) is 4.33. The van der Waals surface area contributed by atoms with Gasteiger partial charge in [0.25, 0.3) is 5.56 Å². The van der Waals surface area contributed by atoms with Gasteiger partial charge in [0, 0.05) is 5.56 Å². The molecule has 22 heavy (non-hydrogen) atoms. The van der Waals surface area contributed by atoms with Gasteiger partial charge in [-0.25, -0.2) is 14.4 Å². The van der Waals surface area contributed by atoms with E-state index in [1.807, 2.05) is 0 Å². The predicted octanol–water partition coefficient (Wildman–Crippen LogP) is 3.38. The Bertz CT molecular complexity index is 890. The molecule has 9 heteroatoms. The zero-order valence-electron chi connectivity index (χ0n) is 11.1. The van der Waals surface area contributed by atoms with E-state index in [0.717, 1.165) is 35.6 Å². The second-order valence-corrected chi connectivity index (χ2v) is 6.38. The first-order chi connectivity index (χ1) is 10.4. The summed E-state index contributed by atoms with van der Waals surface area (Å²) in [5, 5.41) is 0. The predicted molar refractivity (Wildman–Crippen MR) is 79.2 cm³/mol. The number of nitrogens with zero attached hydrogens (tertiary/aromatic N) is 2. The number of thioether (sulfide) groups is 1. The summed E-state index contributed by atoms with van der Waals surface area (Å²) in [5.41, 5.74) is -1.15. The molecule has 0 aliphatic carbocycles. The Morgan fingerprint density at radius 2 is 1.91 bits per heavy atom. The monoisotopic (exact) mass is 343 g/mol. The van der Waals surface area contributed by atoms with Gasteiger partial charge < -0.3 is 4.98 Å². The highest BCUT2D eigenvalue weighted by Crippen LogP contribution is 2.34. The largest absolute Gasteiger partial charge is 0.330 e. The maximum Gasteiger partial charge on any atom is 0.330 e. The normalized spacial score (nSPS) is 12.0. The zero-order valence-corrected chi connectivity index (χ0v) is 12.7. The second kappa shape index (κ2) is 5.40. The maximum atomic E-state index is 14.4. The number of halogens is 3. The van der Waals surface area contributed by atoms with Crippen LogP contribution in [0, 0.1) is 5.82 Å². The summed E-state index contributed by atoms with van der Waals surface area (Å²) in [5.74, 6) is -4.99. The van der Waals surface area contributed by atoms with Crippen molar-refractivity contribution in [1.82, 2.24) is 15.0 Å². The number of hydrogen-bond acceptors (Lipinski definition) is 5. The highest BCUT2D eigenvalue weighted by Gasteiger charge is 2.37. The van der Waals surface area contributed by atoms with E-state index in [1.165, 1.54) is 11.8 Å². The first kappa shape index (κ1) is 15.0. The van der Waals surface area contributed by atoms with E-state index >= 15 is 0 Å². The van der Waals surface area contributed by atoms with Crippen molar-refractivity contribution in [2.24, 2.45) is 0 Å². The van der Waals surface area contributed by atoms with E-state index in [9.17, 15) is 18.0 Å². The molecule has 1 aromatic carbocycles. The van der Waals surface area contributed by atoms with Crippen molar-refractivity contribution >= 4 is 33.4 Å². The SMILES string of the molecule is CSc1nc2nc(C(F)(F)c3ccc(F)cc3)[nH]c(=O)c2s1. The smallest absolute Gasteiger partial charge is 0.304 e. The third kappa shape index (κ3) is 2.50. The lowest BCUT2D eigenvalue weighted by atomic mass is 10.1. The van der Waals surface area contributed by atoms with Gasteiger partial charge in [0.2, 0.25) is 0 Å². The fraction of sp³-hybridized carbons (Fsp3) is 0.154. The summed E-state index contributed by atoms with van der Waals surface area (Å²) in [4.78, 5) is 21.8. The lowest BCUT2D eigenvalue weighted by molar-refractivity contribution is 0.0328. The van der Waals surface area contributed by atoms with E-state index < -0.39 is 28.7 Å². The van der Waals surface area contributed by atoms with Crippen LogP contribution in [-0.4, -0.2) is 21.2 Å². The molecular weight excluding hydrogens is 335 g/mol. The molecule has 0 fully saturated rings. The standard InChI is InChI=1S/C13H8F3N3OS2/c1-21-12-18-9-8(22-12)10(20)19-11(17-9)13(15,16)6-2-4-7(14)5-3-6/h2-5H,1H3,(H,17,19,20). The molecule has 1 N–H and O–H groups in total. The molecule has 3 aromatic rings. The van der Waals surface area contributed by atoms with Crippen molar-refractivity contribution < 1.29 is 13.2 Å².